The molecule has 0 aromatic carbocycles. The first-order chi connectivity index (χ1) is 4.81. The molecule has 0 amide bonds. The van der Waals surface area contributed by atoms with Gasteiger partial charge >= 0.3 is 0 Å². The summed E-state index contributed by atoms with van der Waals surface area (Å²) in [5.41, 5.74) is 0.124. The van der Waals surface area contributed by atoms with E-state index in [-0.39, 0.29) is 5.54 Å². The summed E-state index contributed by atoms with van der Waals surface area (Å²) in [6.45, 7) is 8.40. The highest BCUT2D eigenvalue weighted by molar-refractivity contribution is 7.90. The van der Waals surface area contributed by atoms with Crippen molar-refractivity contribution >= 4 is 11.2 Å². The molecule has 0 spiro atoms. The fraction of sp³-hybridized carbons (Fsp3) is 1.00. The predicted molar refractivity (Wildman–Crippen MR) is 51.3 cm³/mol. The lowest BCUT2D eigenvalue weighted by Crippen LogP contribution is -2.45. The van der Waals surface area contributed by atoms with E-state index >= 15 is 0 Å². The van der Waals surface area contributed by atoms with E-state index < -0.39 is 11.2 Å². The molecule has 1 unspecified atom stereocenters. The maximum atomic E-state index is 10.8. The van der Waals surface area contributed by atoms with E-state index in [2.05, 4.69) is 33.0 Å². The van der Waals surface area contributed by atoms with Gasteiger partial charge in [0.15, 0.2) is 0 Å². The van der Waals surface area contributed by atoms with Crippen LogP contribution in [0.15, 0.2) is 0 Å². The molecule has 0 aromatic heterocycles. The zero-order valence-electron chi connectivity index (χ0n) is 8.10. The van der Waals surface area contributed by atoms with Gasteiger partial charge in [-0.3, -0.25) is 0 Å². The van der Waals surface area contributed by atoms with Gasteiger partial charge < -0.3 is 9.87 Å². The van der Waals surface area contributed by atoms with Crippen molar-refractivity contribution < 1.29 is 4.55 Å². The fourth-order valence-electron chi connectivity index (χ4n) is 1.13. The molecule has 0 heterocycles. The molecule has 0 aliphatic carbocycles. The van der Waals surface area contributed by atoms with Crippen LogP contribution in [-0.2, 0) is 11.2 Å². The summed E-state index contributed by atoms with van der Waals surface area (Å²) in [5.74, 6) is 0.733. The highest BCUT2D eigenvalue weighted by Crippen LogP contribution is 2.02. The van der Waals surface area contributed by atoms with Crippen molar-refractivity contribution in [2.45, 2.75) is 39.3 Å². The third-order valence-electron chi connectivity index (χ3n) is 1.16. The third kappa shape index (κ3) is 8.17. The average Bonchev–Trinajstić information content (AvgIpc) is 1.53. The SMILES string of the molecule is C[C@H](C[S+](C)[O-])NC(C)(C)C. The van der Waals surface area contributed by atoms with Crippen LogP contribution >= 0.6 is 0 Å². The lowest BCUT2D eigenvalue weighted by molar-refractivity contribution is 0.386. The molecule has 1 N–H and O–H groups in total. The van der Waals surface area contributed by atoms with Gasteiger partial charge in [0.25, 0.3) is 0 Å². The van der Waals surface area contributed by atoms with Crippen molar-refractivity contribution in [2.24, 2.45) is 0 Å². The van der Waals surface area contributed by atoms with E-state index in [0.29, 0.717) is 6.04 Å². The summed E-state index contributed by atoms with van der Waals surface area (Å²) in [4.78, 5) is 0. The largest absolute Gasteiger partial charge is 0.617 e. The second-order valence-electron chi connectivity index (χ2n) is 4.04. The van der Waals surface area contributed by atoms with Gasteiger partial charge in [0.05, 0.1) is 6.26 Å². The molecule has 0 rings (SSSR count). The monoisotopic (exact) mass is 177 g/mol. The Bertz CT molecular complexity index is 109. The minimum atomic E-state index is -0.693. The molecule has 0 aliphatic rings. The van der Waals surface area contributed by atoms with Crippen LogP contribution in [0.4, 0.5) is 0 Å². The van der Waals surface area contributed by atoms with Crippen LogP contribution in [0.1, 0.15) is 27.7 Å². The van der Waals surface area contributed by atoms with Crippen molar-refractivity contribution in [3.8, 4) is 0 Å². The summed E-state index contributed by atoms with van der Waals surface area (Å²) in [7, 11) is 0. The molecule has 2 atom stereocenters. The quantitative estimate of drug-likeness (QED) is 0.656. The Hall–Kier alpha value is 0.270. The van der Waals surface area contributed by atoms with E-state index in [1.807, 2.05) is 0 Å². The maximum Gasteiger partial charge on any atom is 0.120 e. The maximum absolute atomic E-state index is 10.8. The Labute approximate surface area is 72.9 Å². The van der Waals surface area contributed by atoms with Crippen LogP contribution in [0.3, 0.4) is 0 Å². The lowest BCUT2D eigenvalue weighted by atomic mass is 10.1. The molecular weight excluding hydrogens is 158 g/mol. The van der Waals surface area contributed by atoms with Gasteiger partial charge in [0.2, 0.25) is 0 Å². The lowest BCUT2D eigenvalue weighted by Gasteiger charge is -2.25. The van der Waals surface area contributed by atoms with Crippen molar-refractivity contribution in [3.05, 3.63) is 0 Å². The summed E-state index contributed by atoms with van der Waals surface area (Å²) < 4.78 is 10.8. The second-order valence-corrected chi connectivity index (χ2v) is 5.51. The number of hydrogen-bond acceptors (Lipinski definition) is 2. The molecule has 0 radical (unpaired) electrons. The molecule has 0 aromatic rings. The molecule has 0 saturated carbocycles. The predicted octanol–water partition coefficient (Wildman–Crippen LogP) is 1.14. The Balaban J connectivity index is 3.61. The Kier molecular flexibility index (Phi) is 4.44. The summed E-state index contributed by atoms with van der Waals surface area (Å²) in [5, 5.41) is 3.36. The summed E-state index contributed by atoms with van der Waals surface area (Å²) >= 11 is -0.693. The van der Waals surface area contributed by atoms with Gasteiger partial charge in [-0.05, 0) is 27.7 Å². The van der Waals surface area contributed by atoms with Crippen LogP contribution in [-0.4, -0.2) is 28.1 Å². The van der Waals surface area contributed by atoms with E-state index in [1.54, 1.807) is 6.26 Å². The minimum Gasteiger partial charge on any atom is -0.617 e. The zero-order valence-corrected chi connectivity index (χ0v) is 8.92. The second kappa shape index (κ2) is 4.33. The normalized spacial score (nSPS) is 18.0. The highest BCUT2D eigenvalue weighted by Gasteiger charge is 2.15. The number of hydrogen-bond donors (Lipinski definition) is 1. The highest BCUT2D eigenvalue weighted by atomic mass is 32.2. The van der Waals surface area contributed by atoms with Crippen LogP contribution in [0, 0.1) is 0 Å². The first kappa shape index (κ1) is 11.3. The van der Waals surface area contributed by atoms with Crippen molar-refractivity contribution in [1.82, 2.24) is 5.32 Å². The van der Waals surface area contributed by atoms with Gasteiger partial charge in [-0.15, -0.1) is 0 Å². The number of nitrogens with one attached hydrogen (secondary N) is 1. The minimum absolute atomic E-state index is 0.124. The van der Waals surface area contributed by atoms with Gasteiger partial charge in [0, 0.05) is 11.6 Å². The molecule has 0 aliphatic heterocycles. The molecule has 68 valence electrons. The molecule has 0 bridgehead atoms. The molecule has 2 nitrogen and oxygen atoms in total. The van der Waals surface area contributed by atoms with Crippen LogP contribution in [0.2, 0.25) is 0 Å². The van der Waals surface area contributed by atoms with Crippen molar-refractivity contribution in [1.29, 1.82) is 0 Å². The summed E-state index contributed by atoms with van der Waals surface area (Å²) in [6.07, 6.45) is 1.74. The van der Waals surface area contributed by atoms with E-state index in [4.69, 9.17) is 0 Å². The summed E-state index contributed by atoms with van der Waals surface area (Å²) in [6, 6.07) is 0.334. The van der Waals surface area contributed by atoms with Crippen molar-refractivity contribution in [3.63, 3.8) is 0 Å². The standard InChI is InChI=1S/C8H19NOS/c1-7(6-11(5)10)9-8(2,3)4/h7,9H,6H2,1-5H3/t7-,11?/m1/s1. The Morgan fingerprint density at radius 2 is 1.91 bits per heavy atom. The van der Waals surface area contributed by atoms with Gasteiger partial charge in [-0.25, -0.2) is 0 Å². The zero-order chi connectivity index (χ0) is 9.07. The fourth-order valence-corrected chi connectivity index (χ4v) is 1.92. The van der Waals surface area contributed by atoms with Gasteiger partial charge in [0.1, 0.15) is 5.75 Å². The van der Waals surface area contributed by atoms with E-state index in [1.165, 1.54) is 0 Å². The molecule has 0 saturated heterocycles. The van der Waals surface area contributed by atoms with Gasteiger partial charge in [-0.2, -0.15) is 0 Å². The van der Waals surface area contributed by atoms with Crippen LogP contribution in [0.25, 0.3) is 0 Å². The third-order valence-corrected chi connectivity index (χ3v) is 2.13. The first-order valence-corrected chi connectivity index (χ1v) is 5.62. The van der Waals surface area contributed by atoms with Crippen molar-refractivity contribution in [2.75, 3.05) is 12.0 Å². The van der Waals surface area contributed by atoms with Crippen LogP contribution in [0.5, 0.6) is 0 Å². The Morgan fingerprint density at radius 1 is 1.45 bits per heavy atom. The molecule has 0 fully saturated rings. The average molecular weight is 177 g/mol. The van der Waals surface area contributed by atoms with Gasteiger partial charge in [-0.1, -0.05) is 11.2 Å². The Morgan fingerprint density at radius 3 is 2.18 bits per heavy atom. The molecule has 11 heavy (non-hydrogen) atoms. The van der Waals surface area contributed by atoms with Crippen LogP contribution < -0.4 is 5.32 Å². The number of rotatable bonds is 3. The topological polar surface area (TPSA) is 35.1 Å². The van der Waals surface area contributed by atoms with E-state index in [0.717, 1.165) is 5.75 Å². The molecule has 3 heteroatoms. The first-order valence-electron chi connectivity index (χ1n) is 3.89. The molecular formula is C8H19NOS. The smallest absolute Gasteiger partial charge is 0.120 e. The van der Waals surface area contributed by atoms with E-state index in [9.17, 15) is 4.55 Å².